The molecule has 0 amide bonds. The van der Waals surface area contributed by atoms with Crippen LogP contribution in [0.5, 0.6) is 0 Å². The monoisotopic (exact) mass is 309 g/mol. The van der Waals surface area contributed by atoms with Crippen LogP contribution in [0.15, 0.2) is 6.33 Å². The third-order valence-corrected chi connectivity index (χ3v) is 7.04. The zero-order valence-corrected chi connectivity index (χ0v) is 12.6. The third kappa shape index (κ3) is 2.00. The molecule has 2 aliphatic rings. The van der Waals surface area contributed by atoms with E-state index in [9.17, 15) is 8.42 Å². The first kappa shape index (κ1) is 12.5. The number of aryl methyl sites for hydroxylation is 2. The Morgan fingerprint density at radius 1 is 1.30 bits per heavy atom. The van der Waals surface area contributed by atoms with Crippen LogP contribution >= 0.6 is 11.3 Å². The molecule has 1 N–H and O–H groups in total. The van der Waals surface area contributed by atoms with E-state index in [0.29, 0.717) is 6.42 Å². The highest BCUT2D eigenvalue weighted by molar-refractivity contribution is 7.91. The number of sulfone groups is 1. The average Bonchev–Trinajstić information content (AvgIpc) is 3.03. The van der Waals surface area contributed by atoms with Crippen LogP contribution in [0.2, 0.25) is 0 Å². The molecule has 3 heterocycles. The van der Waals surface area contributed by atoms with Crippen LogP contribution in [0.1, 0.15) is 23.3 Å². The summed E-state index contributed by atoms with van der Waals surface area (Å²) in [5.74, 6) is 1.31. The summed E-state index contributed by atoms with van der Waals surface area (Å²) >= 11 is 1.75. The molecule has 0 radical (unpaired) electrons. The van der Waals surface area contributed by atoms with E-state index in [1.165, 1.54) is 16.9 Å². The zero-order chi connectivity index (χ0) is 13.7. The molecule has 1 saturated heterocycles. The topological polar surface area (TPSA) is 72.0 Å². The standard InChI is InChI=1S/C13H15N3O2S2/c17-20(18)5-4-8(6-20)16-12-11-9-2-1-3-10(9)19-13(11)15-7-14-12/h7-8H,1-6H2,(H,14,15,16)/t8-/m0/s1. The average molecular weight is 309 g/mol. The second kappa shape index (κ2) is 4.39. The van der Waals surface area contributed by atoms with Gasteiger partial charge in [-0.25, -0.2) is 18.4 Å². The van der Waals surface area contributed by atoms with Crippen molar-refractivity contribution < 1.29 is 8.42 Å². The van der Waals surface area contributed by atoms with E-state index in [-0.39, 0.29) is 17.5 Å². The van der Waals surface area contributed by atoms with Gasteiger partial charge in [0.2, 0.25) is 0 Å². The van der Waals surface area contributed by atoms with Crippen molar-refractivity contribution in [3.63, 3.8) is 0 Å². The molecule has 0 spiro atoms. The molecule has 0 unspecified atom stereocenters. The minimum atomic E-state index is -2.87. The fraction of sp³-hybridized carbons (Fsp3) is 0.538. The highest BCUT2D eigenvalue weighted by Gasteiger charge is 2.29. The predicted octanol–water partition coefficient (Wildman–Crippen LogP) is 1.78. The summed E-state index contributed by atoms with van der Waals surface area (Å²) in [4.78, 5) is 11.2. The van der Waals surface area contributed by atoms with Gasteiger partial charge in [0.05, 0.1) is 16.9 Å². The molecule has 1 aliphatic carbocycles. The summed E-state index contributed by atoms with van der Waals surface area (Å²) in [6, 6.07) is -0.0185. The van der Waals surface area contributed by atoms with E-state index in [4.69, 9.17) is 0 Å². The number of thiophene rings is 1. The maximum atomic E-state index is 11.6. The lowest BCUT2D eigenvalue weighted by atomic mass is 10.1. The molecule has 1 atom stereocenters. The van der Waals surface area contributed by atoms with Gasteiger partial charge in [-0.2, -0.15) is 0 Å². The quantitative estimate of drug-likeness (QED) is 0.915. The van der Waals surface area contributed by atoms with Crippen LogP contribution in [0.3, 0.4) is 0 Å². The Bertz CT molecular complexity index is 782. The van der Waals surface area contributed by atoms with Crippen molar-refractivity contribution in [2.24, 2.45) is 0 Å². The van der Waals surface area contributed by atoms with Gasteiger partial charge in [-0.15, -0.1) is 11.3 Å². The lowest BCUT2D eigenvalue weighted by molar-refractivity contribution is 0.602. The van der Waals surface area contributed by atoms with Crippen molar-refractivity contribution in [2.75, 3.05) is 16.8 Å². The number of nitrogens with one attached hydrogen (secondary N) is 1. The lowest BCUT2D eigenvalue weighted by Crippen LogP contribution is -2.21. The van der Waals surface area contributed by atoms with Gasteiger partial charge in [0.1, 0.15) is 17.0 Å². The fourth-order valence-corrected chi connectivity index (χ4v) is 6.04. The Hall–Kier alpha value is -1.21. The molecule has 106 valence electrons. The van der Waals surface area contributed by atoms with Gasteiger partial charge in [0, 0.05) is 10.9 Å². The molecule has 0 saturated carbocycles. The van der Waals surface area contributed by atoms with Crippen LogP contribution in [0.4, 0.5) is 5.82 Å². The molecule has 2 aromatic rings. The van der Waals surface area contributed by atoms with Crippen LogP contribution in [0.25, 0.3) is 10.2 Å². The largest absolute Gasteiger partial charge is 0.366 e. The van der Waals surface area contributed by atoms with Crippen molar-refractivity contribution in [2.45, 2.75) is 31.7 Å². The van der Waals surface area contributed by atoms with Gasteiger partial charge in [0.15, 0.2) is 9.84 Å². The highest BCUT2D eigenvalue weighted by atomic mass is 32.2. The predicted molar refractivity (Wildman–Crippen MR) is 80.1 cm³/mol. The molecular formula is C13H15N3O2S2. The summed E-state index contributed by atoms with van der Waals surface area (Å²) in [5.41, 5.74) is 1.37. The van der Waals surface area contributed by atoms with Crippen molar-refractivity contribution in [1.29, 1.82) is 0 Å². The summed E-state index contributed by atoms with van der Waals surface area (Å²) in [6.07, 6.45) is 5.65. The Labute approximate surface area is 121 Å². The maximum Gasteiger partial charge on any atom is 0.152 e. The number of aromatic nitrogens is 2. The van der Waals surface area contributed by atoms with E-state index in [0.717, 1.165) is 28.9 Å². The van der Waals surface area contributed by atoms with E-state index in [1.54, 1.807) is 17.7 Å². The normalized spacial score (nSPS) is 24.1. The van der Waals surface area contributed by atoms with Gasteiger partial charge >= 0.3 is 0 Å². The molecule has 1 fully saturated rings. The molecule has 1 aliphatic heterocycles. The van der Waals surface area contributed by atoms with E-state index < -0.39 is 9.84 Å². The van der Waals surface area contributed by atoms with Crippen LogP contribution in [0, 0.1) is 0 Å². The zero-order valence-electron chi connectivity index (χ0n) is 10.9. The number of fused-ring (bicyclic) bond motifs is 3. The van der Waals surface area contributed by atoms with Gasteiger partial charge in [0.25, 0.3) is 0 Å². The SMILES string of the molecule is O=S1(=O)CC[C@H](Nc2ncnc3sc4c(c23)CCC4)C1. The lowest BCUT2D eigenvalue weighted by Gasteiger charge is -2.12. The summed E-state index contributed by atoms with van der Waals surface area (Å²) in [7, 11) is -2.87. The smallest absolute Gasteiger partial charge is 0.152 e. The Kier molecular flexibility index (Phi) is 2.75. The van der Waals surface area contributed by atoms with Crippen molar-refractivity contribution >= 4 is 37.2 Å². The fourth-order valence-electron chi connectivity index (χ4n) is 3.14. The molecule has 20 heavy (non-hydrogen) atoms. The third-order valence-electron chi connectivity index (χ3n) is 4.07. The van der Waals surface area contributed by atoms with Crippen LogP contribution < -0.4 is 5.32 Å². The number of hydrogen-bond donors (Lipinski definition) is 1. The van der Waals surface area contributed by atoms with Gasteiger partial charge < -0.3 is 5.32 Å². The molecule has 2 aromatic heterocycles. The number of rotatable bonds is 2. The van der Waals surface area contributed by atoms with Crippen molar-refractivity contribution in [3.05, 3.63) is 16.8 Å². The molecule has 7 heteroatoms. The van der Waals surface area contributed by atoms with Gasteiger partial charge in [-0.05, 0) is 31.2 Å². The highest BCUT2D eigenvalue weighted by Crippen LogP contribution is 2.39. The number of hydrogen-bond acceptors (Lipinski definition) is 6. The number of anilines is 1. The van der Waals surface area contributed by atoms with Crippen LogP contribution in [-0.2, 0) is 22.7 Å². The minimum absolute atomic E-state index is 0.0185. The maximum absolute atomic E-state index is 11.6. The van der Waals surface area contributed by atoms with E-state index in [1.807, 2.05) is 0 Å². The molecule has 0 aromatic carbocycles. The van der Waals surface area contributed by atoms with Gasteiger partial charge in [-0.3, -0.25) is 0 Å². The first-order chi connectivity index (χ1) is 9.62. The number of nitrogens with zero attached hydrogens (tertiary/aromatic N) is 2. The van der Waals surface area contributed by atoms with Gasteiger partial charge in [-0.1, -0.05) is 0 Å². The second-order valence-corrected chi connectivity index (χ2v) is 8.82. The van der Waals surface area contributed by atoms with Crippen molar-refractivity contribution in [3.8, 4) is 0 Å². The van der Waals surface area contributed by atoms with Crippen molar-refractivity contribution in [1.82, 2.24) is 9.97 Å². The Balaban J connectivity index is 1.73. The summed E-state index contributed by atoms with van der Waals surface area (Å²) in [5, 5.41) is 4.45. The Morgan fingerprint density at radius 3 is 3.00 bits per heavy atom. The van der Waals surface area contributed by atoms with E-state index >= 15 is 0 Å². The molecular weight excluding hydrogens is 294 g/mol. The van der Waals surface area contributed by atoms with E-state index in [2.05, 4.69) is 15.3 Å². The minimum Gasteiger partial charge on any atom is -0.366 e. The molecule has 5 nitrogen and oxygen atoms in total. The first-order valence-electron chi connectivity index (χ1n) is 6.84. The molecule has 4 rings (SSSR count). The second-order valence-electron chi connectivity index (χ2n) is 5.50. The summed E-state index contributed by atoms with van der Waals surface area (Å²) < 4.78 is 23.1. The Morgan fingerprint density at radius 2 is 2.20 bits per heavy atom. The van der Waals surface area contributed by atoms with Crippen LogP contribution in [-0.4, -0.2) is 35.9 Å². The molecule has 0 bridgehead atoms. The first-order valence-corrected chi connectivity index (χ1v) is 9.48. The summed E-state index contributed by atoms with van der Waals surface area (Å²) in [6.45, 7) is 0.